The molecule has 0 unspecified atom stereocenters. The topological polar surface area (TPSA) is 61.2 Å². The number of halogens is 2. The van der Waals surface area contributed by atoms with Crippen LogP contribution in [0.5, 0.6) is 5.75 Å². The fourth-order valence-electron chi connectivity index (χ4n) is 6.65. The Hall–Kier alpha value is -3.41. The van der Waals surface area contributed by atoms with Crippen LogP contribution >= 0.6 is 23.2 Å². The van der Waals surface area contributed by atoms with E-state index in [-0.39, 0.29) is 17.7 Å². The smallest absolute Gasteiger partial charge is 0.343 e. The van der Waals surface area contributed by atoms with E-state index in [0.29, 0.717) is 27.2 Å². The minimum absolute atomic E-state index is 0.0186. The first-order valence-corrected chi connectivity index (χ1v) is 15.7. The summed E-state index contributed by atoms with van der Waals surface area (Å²) in [6.45, 7) is 0.733. The van der Waals surface area contributed by atoms with E-state index in [2.05, 4.69) is 17.1 Å². The van der Waals surface area contributed by atoms with Crippen LogP contribution in [0.3, 0.4) is 0 Å². The maximum atomic E-state index is 13.5. The van der Waals surface area contributed by atoms with Gasteiger partial charge in [-0.2, -0.15) is 0 Å². The first-order valence-electron chi connectivity index (χ1n) is 14.9. The van der Waals surface area contributed by atoms with Gasteiger partial charge in [-0.05, 0) is 104 Å². The van der Waals surface area contributed by atoms with E-state index < -0.39 is 0 Å². The van der Waals surface area contributed by atoms with Crippen LogP contribution in [0.1, 0.15) is 99.7 Å². The van der Waals surface area contributed by atoms with Gasteiger partial charge in [-0.25, -0.2) is 9.78 Å². The summed E-state index contributed by atoms with van der Waals surface area (Å²) in [6, 6.07) is 16.9. The summed E-state index contributed by atoms with van der Waals surface area (Å²) in [4.78, 5) is 31.3. The van der Waals surface area contributed by atoms with Crippen molar-refractivity contribution < 1.29 is 14.3 Å². The number of fused-ring (bicyclic) bond motifs is 2. The fourth-order valence-corrected chi connectivity index (χ4v) is 6.94. The number of benzene rings is 3. The summed E-state index contributed by atoms with van der Waals surface area (Å²) in [7, 11) is 0. The number of aryl methyl sites for hydroxylation is 3. The molecule has 0 bridgehead atoms. The van der Waals surface area contributed by atoms with Crippen molar-refractivity contribution in [1.29, 1.82) is 0 Å². The number of esters is 1. The van der Waals surface area contributed by atoms with Crippen molar-refractivity contribution in [3.63, 3.8) is 0 Å². The van der Waals surface area contributed by atoms with E-state index in [1.54, 1.807) is 24.4 Å². The zero-order valence-electron chi connectivity index (χ0n) is 23.6. The van der Waals surface area contributed by atoms with Crippen molar-refractivity contribution in [1.82, 2.24) is 9.55 Å². The molecule has 0 N–H and O–H groups in total. The lowest BCUT2D eigenvalue weighted by atomic mass is 9.78. The number of nitrogens with zero attached hydrogens (tertiary/aromatic N) is 2. The number of unbranched alkanes of at least 4 members (excludes halogenated alkanes) is 1. The monoisotopic (exact) mass is 600 g/mol. The number of carbonyl (C=O) groups excluding carboxylic acids is 2. The van der Waals surface area contributed by atoms with Crippen molar-refractivity contribution in [3.05, 3.63) is 116 Å². The molecule has 7 heteroatoms. The van der Waals surface area contributed by atoms with Gasteiger partial charge in [-0.15, -0.1) is 0 Å². The minimum Gasteiger partial charge on any atom is -0.423 e. The predicted molar refractivity (Wildman–Crippen MR) is 166 cm³/mol. The molecule has 1 aromatic heterocycles. The van der Waals surface area contributed by atoms with Crippen molar-refractivity contribution in [2.75, 3.05) is 0 Å². The summed E-state index contributed by atoms with van der Waals surface area (Å²) in [5, 5.41) is 0.764. The zero-order chi connectivity index (χ0) is 29.1. The number of aromatic nitrogens is 2. The Labute approximate surface area is 256 Å². The fraction of sp³-hybridized carbons (Fsp3) is 0.343. The molecule has 4 aromatic rings. The van der Waals surface area contributed by atoms with Gasteiger partial charge < -0.3 is 9.30 Å². The average Bonchev–Trinajstić information content (AvgIpc) is 3.49. The third kappa shape index (κ3) is 6.04. The van der Waals surface area contributed by atoms with Crippen LogP contribution in [0, 0.1) is 0 Å². The van der Waals surface area contributed by atoms with E-state index in [1.807, 2.05) is 35.0 Å². The molecule has 3 aromatic carbocycles. The number of hydrogen-bond donors (Lipinski definition) is 0. The first-order chi connectivity index (χ1) is 20.5. The molecule has 5 nitrogen and oxygen atoms in total. The lowest BCUT2D eigenvalue weighted by molar-refractivity contribution is 0.0732. The zero-order valence-corrected chi connectivity index (χ0v) is 25.1. The number of carbonyl (C=O) groups is 2. The molecular weight excluding hydrogens is 567 g/mol. The molecule has 0 saturated carbocycles. The maximum Gasteiger partial charge on any atom is 0.343 e. The second-order valence-corrected chi connectivity index (χ2v) is 12.2. The van der Waals surface area contributed by atoms with E-state index in [4.69, 9.17) is 27.9 Å². The highest BCUT2D eigenvalue weighted by atomic mass is 35.5. The Morgan fingerprint density at radius 2 is 1.67 bits per heavy atom. The largest absolute Gasteiger partial charge is 0.423 e. The standard InChI is InChI=1S/C35H34Cl2N2O3/c36-30-18-17-26(22-31(30)37)42-35(41)29-16-7-13-25-12-5-11-24(32(25)29)9-3-4-20-39-21-19-38-34(39)33(40)28-15-6-10-23-8-1-2-14-27(23)28/h6-7,10,13,15-19,21-22,24H,1-5,8-9,11-12,14,20H2/t24-/m0/s1. The molecule has 2 aliphatic rings. The van der Waals surface area contributed by atoms with Gasteiger partial charge >= 0.3 is 5.97 Å². The maximum absolute atomic E-state index is 13.5. The Bertz CT molecular complexity index is 1630. The number of rotatable bonds is 9. The van der Waals surface area contributed by atoms with E-state index in [1.165, 1.54) is 23.1 Å². The van der Waals surface area contributed by atoms with Crippen LogP contribution in [-0.2, 0) is 25.8 Å². The molecule has 0 fully saturated rings. The SMILES string of the molecule is O=C(Oc1ccc(Cl)c(Cl)c1)c1cccc2c1[C@@H](CCCCn1ccnc1C(=O)c1cccc3c1CCCC3)CCC2. The lowest BCUT2D eigenvalue weighted by Gasteiger charge is -2.27. The highest BCUT2D eigenvalue weighted by molar-refractivity contribution is 6.42. The molecule has 6 rings (SSSR count). The normalized spacial score (nSPS) is 16.0. The molecule has 1 atom stereocenters. The van der Waals surface area contributed by atoms with Crippen LogP contribution in [0.15, 0.2) is 67.0 Å². The van der Waals surface area contributed by atoms with Gasteiger partial charge in [0.1, 0.15) is 5.75 Å². The molecule has 216 valence electrons. The first kappa shape index (κ1) is 28.7. The molecule has 0 radical (unpaired) electrons. The van der Waals surface area contributed by atoms with Gasteiger partial charge in [0.15, 0.2) is 5.82 Å². The van der Waals surface area contributed by atoms with Crippen LogP contribution < -0.4 is 4.74 Å². The van der Waals surface area contributed by atoms with Crippen LogP contribution in [-0.4, -0.2) is 21.3 Å². The van der Waals surface area contributed by atoms with Crippen molar-refractivity contribution in [3.8, 4) is 5.75 Å². The van der Waals surface area contributed by atoms with Gasteiger partial charge in [0.25, 0.3) is 0 Å². The summed E-state index contributed by atoms with van der Waals surface area (Å²) < 4.78 is 7.71. The van der Waals surface area contributed by atoms with E-state index in [9.17, 15) is 9.59 Å². The Morgan fingerprint density at radius 3 is 2.52 bits per heavy atom. The second-order valence-electron chi connectivity index (χ2n) is 11.4. The third-order valence-electron chi connectivity index (χ3n) is 8.69. The van der Waals surface area contributed by atoms with Gasteiger partial charge in [-0.1, -0.05) is 60.0 Å². The molecule has 0 amide bonds. The minimum atomic E-state index is -0.373. The highest BCUT2D eigenvalue weighted by Gasteiger charge is 2.27. The van der Waals surface area contributed by atoms with Crippen LogP contribution in [0.2, 0.25) is 10.0 Å². The van der Waals surface area contributed by atoms with Gasteiger partial charge in [-0.3, -0.25) is 4.79 Å². The summed E-state index contributed by atoms with van der Waals surface area (Å²) in [6.07, 6.45) is 13.9. The quantitative estimate of drug-likeness (QED) is 0.0833. The predicted octanol–water partition coefficient (Wildman–Crippen LogP) is 8.81. The number of imidazole rings is 1. The van der Waals surface area contributed by atoms with Gasteiger partial charge in [0.2, 0.25) is 5.78 Å². The summed E-state index contributed by atoms with van der Waals surface area (Å²) in [5.74, 6) is 0.823. The van der Waals surface area contributed by atoms with E-state index in [0.717, 1.165) is 75.5 Å². The average molecular weight is 602 g/mol. The Kier molecular flexibility index (Phi) is 8.78. The lowest BCUT2D eigenvalue weighted by Crippen LogP contribution is -2.19. The third-order valence-corrected chi connectivity index (χ3v) is 9.42. The summed E-state index contributed by atoms with van der Waals surface area (Å²) in [5.41, 5.74) is 6.27. The number of ether oxygens (including phenoxy) is 1. The molecule has 0 spiro atoms. The van der Waals surface area contributed by atoms with Crippen LogP contribution in [0.25, 0.3) is 0 Å². The molecule has 1 heterocycles. The molecule has 42 heavy (non-hydrogen) atoms. The molecule has 0 saturated heterocycles. The number of hydrogen-bond acceptors (Lipinski definition) is 4. The number of ketones is 1. The molecule has 2 aliphatic carbocycles. The van der Waals surface area contributed by atoms with Crippen LogP contribution in [0.4, 0.5) is 0 Å². The Balaban J connectivity index is 1.11. The Morgan fingerprint density at radius 1 is 0.881 bits per heavy atom. The second kappa shape index (κ2) is 12.8. The molecular formula is C35H34Cl2N2O3. The highest BCUT2D eigenvalue weighted by Crippen LogP contribution is 2.38. The summed E-state index contributed by atoms with van der Waals surface area (Å²) >= 11 is 12.2. The van der Waals surface area contributed by atoms with Crippen molar-refractivity contribution >= 4 is 35.0 Å². The van der Waals surface area contributed by atoms with Gasteiger partial charge in [0, 0.05) is 30.6 Å². The van der Waals surface area contributed by atoms with Crippen molar-refractivity contribution in [2.45, 2.75) is 76.7 Å². The van der Waals surface area contributed by atoms with Gasteiger partial charge in [0.05, 0.1) is 15.6 Å². The molecule has 0 aliphatic heterocycles. The van der Waals surface area contributed by atoms with E-state index >= 15 is 0 Å². The van der Waals surface area contributed by atoms with Crippen molar-refractivity contribution in [2.24, 2.45) is 0 Å².